The Morgan fingerprint density at radius 2 is 1.59 bits per heavy atom. The molecule has 1 fully saturated rings. The molecule has 3 aromatic rings. The molecule has 3 N–H and O–H groups in total. The van der Waals surface area contributed by atoms with Gasteiger partial charge in [-0.05, 0) is 54.7 Å². The molecule has 1 aliphatic heterocycles. The van der Waals surface area contributed by atoms with Gasteiger partial charge < -0.3 is 14.7 Å². The predicted molar refractivity (Wildman–Crippen MR) is 122 cm³/mol. The quantitative estimate of drug-likeness (QED) is 0.560. The van der Waals surface area contributed by atoms with E-state index >= 15 is 0 Å². The second kappa shape index (κ2) is 9.02. The van der Waals surface area contributed by atoms with Crippen LogP contribution in [0.25, 0.3) is 0 Å². The van der Waals surface area contributed by atoms with E-state index in [1.54, 1.807) is 12.1 Å². The SMILES string of the molecule is NS(=O)(=O)c1cc(C(=O)O)cc(N2CCCC2)c1Oc1ccc(Cc2ccccc2)cc1. The zero-order chi connectivity index (χ0) is 22.7. The van der Waals surface area contributed by atoms with Crippen molar-refractivity contribution >= 4 is 21.7 Å². The van der Waals surface area contributed by atoms with E-state index in [4.69, 9.17) is 9.88 Å². The van der Waals surface area contributed by atoms with E-state index in [0.29, 0.717) is 24.5 Å². The van der Waals surface area contributed by atoms with Crippen molar-refractivity contribution in [2.75, 3.05) is 18.0 Å². The maximum atomic E-state index is 12.3. The summed E-state index contributed by atoms with van der Waals surface area (Å²) in [7, 11) is -4.23. The van der Waals surface area contributed by atoms with Crippen molar-refractivity contribution in [3.63, 3.8) is 0 Å². The number of hydrogen-bond acceptors (Lipinski definition) is 5. The van der Waals surface area contributed by atoms with Crippen LogP contribution in [0.15, 0.2) is 71.6 Å². The molecular formula is C24H24N2O5S. The highest BCUT2D eigenvalue weighted by Crippen LogP contribution is 2.40. The molecule has 7 nitrogen and oxygen atoms in total. The van der Waals surface area contributed by atoms with Crippen LogP contribution in [0.5, 0.6) is 11.5 Å². The fraction of sp³-hybridized carbons (Fsp3) is 0.208. The summed E-state index contributed by atoms with van der Waals surface area (Å²) in [5.41, 5.74) is 2.52. The van der Waals surface area contributed by atoms with Crippen LogP contribution < -0.4 is 14.8 Å². The highest BCUT2D eigenvalue weighted by molar-refractivity contribution is 7.89. The van der Waals surface area contributed by atoms with Gasteiger partial charge in [0, 0.05) is 13.1 Å². The van der Waals surface area contributed by atoms with Gasteiger partial charge in [0.2, 0.25) is 10.0 Å². The lowest BCUT2D eigenvalue weighted by atomic mass is 10.1. The van der Waals surface area contributed by atoms with Crippen LogP contribution in [-0.2, 0) is 16.4 Å². The molecule has 3 aromatic carbocycles. The summed E-state index contributed by atoms with van der Waals surface area (Å²) in [6.07, 6.45) is 2.61. The Kier molecular flexibility index (Phi) is 6.16. The zero-order valence-electron chi connectivity index (χ0n) is 17.4. The number of rotatable bonds is 7. The van der Waals surface area contributed by atoms with E-state index in [1.165, 1.54) is 11.6 Å². The van der Waals surface area contributed by atoms with Gasteiger partial charge in [-0.3, -0.25) is 0 Å². The average Bonchev–Trinajstić information content (AvgIpc) is 3.30. The molecule has 0 unspecified atom stereocenters. The van der Waals surface area contributed by atoms with Gasteiger partial charge in [-0.1, -0.05) is 42.5 Å². The summed E-state index contributed by atoms with van der Waals surface area (Å²) in [5, 5.41) is 14.9. The Morgan fingerprint density at radius 3 is 2.19 bits per heavy atom. The van der Waals surface area contributed by atoms with E-state index in [-0.39, 0.29) is 16.2 Å². The van der Waals surface area contributed by atoms with Gasteiger partial charge in [0.1, 0.15) is 10.6 Å². The summed E-state index contributed by atoms with van der Waals surface area (Å²) < 4.78 is 30.7. The maximum absolute atomic E-state index is 12.3. The maximum Gasteiger partial charge on any atom is 0.335 e. The Balaban J connectivity index is 1.71. The zero-order valence-corrected chi connectivity index (χ0v) is 18.2. The van der Waals surface area contributed by atoms with E-state index in [9.17, 15) is 18.3 Å². The van der Waals surface area contributed by atoms with Gasteiger partial charge in [0.05, 0.1) is 11.3 Å². The van der Waals surface area contributed by atoms with Crippen LogP contribution in [0.3, 0.4) is 0 Å². The van der Waals surface area contributed by atoms with Gasteiger partial charge >= 0.3 is 5.97 Å². The highest BCUT2D eigenvalue weighted by atomic mass is 32.2. The second-order valence-corrected chi connectivity index (χ2v) is 9.31. The van der Waals surface area contributed by atoms with Crippen molar-refractivity contribution in [1.82, 2.24) is 0 Å². The lowest BCUT2D eigenvalue weighted by Crippen LogP contribution is -2.21. The number of sulfonamides is 1. The minimum absolute atomic E-state index is 0.0511. The molecule has 0 amide bonds. The average molecular weight is 453 g/mol. The number of benzene rings is 3. The van der Waals surface area contributed by atoms with Crippen LogP contribution in [0.1, 0.15) is 34.3 Å². The Morgan fingerprint density at radius 1 is 0.969 bits per heavy atom. The minimum atomic E-state index is -4.23. The first-order valence-electron chi connectivity index (χ1n) is 10.3. The molecule has 32 heavy (non-hydrogen) atoms. The lowest BCUT2D eigenvalue weighted by molar-refractivity contribution is 0.0696. The van der Waals surface area contributed by atoms with Crippen molar-refractivity contribution in [3.05, 3.63) is 83.4 Å². The molecule has 0 bridgehead atoms. The van der Waals surface area contributed by atoms with E-state index in [1.807, 2.05) is 35.2 Å². The Labute approximate surface area is 187 Å². The van der Waals surface area contributed by atoms with E-state index in [0.717, 1.165) is 30.9 Å². The standard InChI is InChI=1S/C24H24N2O5S/c25-32(29,30)22-16-19(24(27)28)15-21(26-12-4-5-13-26)23(22)31-20-10-8-18(9-11-20)14-17-6-2-1-3-7-17/h1-3,6-11,15-16H,4-5,12-14H2,(H,27,28)(H2,25,29,30). The molecule has 1 saturated heterocycles. The number of nitrogens with zero attached hydrogens (tertiary/aromatic N) is 1. The van der Waals surface area contributed by atoms with Crippen LogP contribution in [0, 0.1) is 0 Å². The smallest absolute Gasteiger partial charge is 0.335 e. The van der Waals surface area contributed by atoms with Crippen LogP contribution >= 0.6 is 0 Å². The first-order chi connectivity index (χ1) is 15.3. The number of carbonyl (C=O) groups is 1. The normalized spacial score (nSPS) is 13.8. The van der Waals surface area contributed by atoms with Crippen molar-refractivity contribution in [2.45, 2.75) is 24.2 Å². The number of primary sulfonamides is 1. The van der Waals surface area contributed by atoms with Gasteiger partial charge in [-0.15, -0.1) is 0 Å². The van der Waals surface area contributed by atoms with Gasteiger partial charge in [0.15, 0.2) is 5.75 Å². The third-order valence-corrected chi connectivity index (χ3v) is 6.35. The summed E-state index contributed by atoms with van der Waals surface area (Å²) in [4.78, 5) is 13.2. The second-order valence-electron chi connectivity index (χ2n) is 7.78. The number of carboxylic acids is 1. The molecule has 0 atom stereocenters. The highest BCUT2D eigenvalue weighted by Gasteiger charge is 2.27. The summed E-state index contributed by atoms with van der Waals surface area (Å²) in [6.45, 7) is 1.36. The topological polar surface area (TPSA) is 110 Å². The molecule has 1 heterocycles. The van der Waals surface area contributed by atoms with Gasteiger partial charge in [0.25, 0.3) is 0 Å². The molecule has 166 valence electrons. The monoisotopic (exact) mass is 452 g/mol. The van der Waals surface area contributed by atoms with Crippen LogP contribution in [0.4, 0.5) is 5.69 Å². The molecule has 4 rings (SSSR count). The first kappa shape index (κ1) is 21.9. The number of ether oxygens (including phenoxy) is 1. The number of hydrogen-bond donors (Lipinski definition) is 2. The third-order valence-electron chi connectivity index (χ3n) is 5.43. The van der Waals surface area contributed by atoms with Gasteiger partial charge in [-0.25, -0.2) is 18.4 Å². The number of anilines is 1. The van der Waals surface area contributed by atoms with Crippen LogP contribution in [0.2, 0.25) is 0 Å². The summed E-state index contributed by atoms with van der Waals surface area (Å²) in [6, 6.07) is 19.9. The van der Waals surface area contributed by atoms with E-state index in [2.05, 4.69) is 12.1 Å². The first-order valence-corrected chi connectivity index (χ1v) is 11.9. The van der Waals surface area contributed by atoms with Crippen molar-refractivity contribution in [3.8, 4) is 11.5 Å². The molecule has 0 radical (unpaired) electrons. The largest absolute Gasteiger partial charge is 0.478 e. The third kappa shape index (κ3) is 4.92. The number of nitrogens with two attached hydrogens (primary N) is 1. The van der Waals surface area contributed by atoms with Crippen molar-refractivity contribution in [1.29, 1.82) is 0 Å². The van der Waals surface area contributed by atoms with Gasteiger partial charge in [-0.2, -0.15) is 0 Å². The molecule has 0 aromatic heterocycles. The fourth-order valence-electron chi connectivity index (χ4n) is 3.84. The van der Waals surface area contributed by atoms with Crippen molar-refractivity contribution in [2.24, 2.45) is 5.14 Å². The number of carboxylic acid groups (broad SMARTS) is 1. The molecule has 0 spiro atoms. The van der Waals surface area contributed by atoms with Crippen molar-refractivity contribution < 1.29 is 23.1 Å². The Hall–Kier alpha value is -3.36. The minimum Gasteiger partial charge on any atom is -0.478 e. The summed E-state index contributed by atoms with van der Waals surface area (Å²) >= 11 is 0. The molecular weight excluding hydrogens is 428 g/mol. The van der Waals surface area contributed by atoms with E-state index < -0.39 is 16.0 Å². The number of aromatic carboxylic acids is 1. The lowest BCUT2D eigenvalue weighted by Gasteiger charge is -2.23. The predicted octanol–water partition coefficient (Wildman–Crippen LogP) is 4.02. The Bertz CT molecular complexity index is 1220. The molecule has 0 aliphatic carbocycles. The summed E-state index contributed by atoms with van der Waals surface area (Å²) in [5.74, 6) is -0.738. The molecule has 1 aliphatic rings. The molecule has 8 heteroatoms. The van der Waals surface area contributed by atoms with Crippen LogP contribution in [-0.4, -0.2) is 32.6 Å². The molecule has 0 saturated carbocycles. The fourth-order valence-corrected chi connectivity index (χ4v) is 4.54.